The molecule has 1 aliphatic rings. The van der Waals surface area contributed by atoms with Gasteiger partial charge in [-0.25, -0.2) is 4.98 Å². The summed E-state index contributed by atoms with van der Waals surface area (Å²) in [4.78, 5) is 8.75. The Balaban J connectivity index is 2.09. The third-order valence-corrected chi connectivity index (χ3v) is 3.70. The zero-order valence-electron chi connectivity index (χ0n) is 12.8. The first kappa shape index (κ1) is 15.0. The molecule has 5 nitrogen and oxygen atoms in total. The van der Waals surface area contributed by atoms with E-state index in [4.69, 9.17) is 9.47 Å². The fourth-order valence-corrected chi connectivity index (χ4v) is 2.99. The van der Waals surface area contributed by atoms with Gasteiger partial charge >= 0.3 is 0 Å². The van der Waals surface area contributed by atoms with Crippen LogP contribution in [0, 0.1) is 11.8 Å². The number of hydrogen-bond donors (Lipinski definition) is 1. The quantitative estimate of drug-likeness (QED) is 0.898. The molecule has 20 heavy (non-hydrogen) atoms. The highest BCUT2D eigenvalue weighted by Crippen LogP contribution is 2.31. The number of ether oxygens (including phenoxy) is 2. The summed E-state index contributed by atoms with van der Waals surface area (Å²) in [7, 11) is 3.48. The maximum Gasteiger partial charge on any atom is 0.219 e. The molecule has 1 aromatic heterocycles. The molecule has 1 aromatic rings. The second-order valence-corrected chi connectivity index (χ2v) is 5.85. The van der Waals surface area contributed by atoms with E-state index in [1.54, 1.807) is 7.11 Å². The van der Waals surface area contributed by atoms with Crippen LogP contribution in [0.2, 0.25) is 0 Å². The van der Waals surface area contributed by atoms with Crippen molar-refractivity contribution in [1.82, 2.24) is 9.97 Å². The van der Waals surface area contributed by atoms with Crippen LogP contribution in [0.1, 0.15) is 38.9 Å². The molecular formula is C15H25N3O2. The fourth-order valence-electron chi connectivity index (χ4n) is 2.99. The Morgan fingerprint density at radius 3 is 2.50 bits per heavy atom. The number of hydrogen-bond acceptors (Lipinski definition) is 5. The van der Waals surface area contributed by atoms with Crippen molar-refractivity contribution in [2.24, 2.45) is 11.8 Å². The SMILES string of the molecule is CNc1cc(OC2CC(C)CC(C)C2)nc(COC)n1. The van der Waals surface area contributed by atoms with Crippen LogP contribution in [0.15, 0.2) is 6.07 Å². The van der Waals surface area contributed by atoms with Crippen LogP contribution in [-0.4, -0.2) is 30.2 Å². The largest absolute Gasteiger partial charge is 0.474 e. The molecule has 0 bridgehead atoms. The van der Waals surface area contributed by atoms with Gasteiger partial charge in [0.2, 0.25) is 5.88 Å². The summed E-state index contributed by atoms with van der Waals surface area (Å²) < 4.78 is 11.2. The molecule has 1 saturated carbocycles. The van der Waals surface area contributed by atoms with Crippen molar-refractivity contribution in [3.05, 3.63) is 11.9 Å². The summed E-state index contributed by atoms with van der Waals surface area (Å²) in [6.45, 7) is 4.98. The highest BCUT2D eigenvalue weighted by molar-refractivity contribution is 5.37. The highest BCUT2D eigenvalue weighted by Gasteiger charge is 2.25. The maximum absolute atomic E-state index is 6.08. The number of anilines is 1. The maximum atomic E-state index is 6.08. The van der Waals surface area contributed by atoms with Gasteiger partial charge in [0.15, 0.2) is 5.82 Å². The zero-order chi connectivity index (χ0) is 14.5. The minimum absolute atomic E-state index is 0.253. The molecule has 0 amide bonds. The first-order chi connectivity index (χ1) is 9.60. The second kappa shape index (κ2) is 6.88. The van der Waals surface area contributed by atoms with E-state index in [0.29, 0.717) is 30.1 Å². The van der Waals surface area contributed by atoms with Crippen molar-refractivity contribution in [3.63, 3.8) is 0 Å². The van der Waals surface area contributed by atoms with Crippen molar-refractivity contribution >= 4 is 5.82 Å². The van der Waals surface area contributed by atoms with E-state index in [1.807, 2.05) is 13.1 Å². The Hall–Kier alpha value is -1.36. The predicted molar refractivity (Wildman–Crippen MR) is 78.9 cm³/mol. The van der Waals surface area contributed by atoms with Crippen LogP contribution < -0.4 is 10.1 Å². The molecule has 112 valence electrons. The predicted octanol–water partition coefficient (Wildman–Crippen LogP) is 2.87. The van der Waals surface area contributed by atoms with Crippen molar-refractivity contribution in [2.75, 3.05) is 19.5 Å². The summed E-state index contributed by atoms with van der Waals surface area (Å²) in [5.74, 6) is 3.48. The summed E-state index contributed by atoms with van der Waals surface area (Å²) >= 11 is 0. The zero-order valence-corrected chi connectivity index (χ0v) is 12.8. The fraction of sp³-hybridized carbons (Fsp3) is 0.733. The highest BCUT2D eigenvalue weighted by atomic mass is 16.5. The molecule has 2 unspecified atom stereocenters. The summed E-state index contributed by atoms with van der Waals surface area (Å²) in [5, 5.41) is 3.03. The molecule has 0 radical (unpaired) electrons. The lowest BCUT2D eigenvalue weighted by molar-refractivity contribution is 0.0954. The van der Waals surface area contributed by atoms with E-state index < -0.39 is 0 Å². The summed E-state index contributed by atoms with van der Waals surface area (Å²) in [5.41, 5.74) is 0. The summed E-state index contributed by atoms with van der Waals surface area (Å²) in [6, 6.07) is 1.85. The van der Waals surface area contributed by atoms with Gasteiger partial charge in [0.25, 0.3) is 0 Å². The van der Waals surface area contributed by atoms with E-state index >= 15 is 0 Å². The minimum Gasteiger partial charge on any atom is -0.474 e. The van der Waals surface area contributed by atoms with Crippen LogP contribution >= 0.6 is 0 Å². The number of nitrogens with zero attached hydrogens (tertiary/aromatic N) is 2. The topological polar surface area (TPSA) is 56.3 Å². The molecule has 1 fully saturated rings. The van der Waals surface area contributed by atoms with Crippen molar-refractivity contribution in [3.8, 4) is 5.88 Å². The van der Waals surface area contributed by atoms with Crippen LogP contribution in [0.25, 0.3) is 0 Å². The second-order valence-electron chi connectivity index (χ2n) is 5.85. The molecular weight excluding hydrogens is 254 g/mol. The van der Waals surface area contributed by atoms with E-state index in [-0.39, 0.29) is 6.10 Å². The van der Waals surface area contributed by atoms with Gasteiger partial charge in [-0.3, -0.25) is 0 Å². The molecule has 0 saturated heterocycles. The smallest absolute Gasteiger partial charge is 0.219 e. The van der Waals surface area contributed by atoms with Gasteiger partial charge in [0.05, 0.1) is 0 Å². The Kier molecular flexibility index (Phi) is 5.17. The first-order valence-electron chi connectivity index (χ1n) is 7.32. The van der Waals surface area contributed by atoms with Crippen molar-refractivity contribution in [1.29, 1.82) is 0 Å². The number of methoxy groups -OCH3 is 1. The van der Waals surface area contributed by atoms with Gasteiger partial charge in [0, 0.05) is 20.2 Å². The average molecular weight is 279 g/mol. The van der Waals surface area contributed by atoms with Gasteiger partial charge in [-0.15, -0.1) is 0 Å². The molecule has 1 aliphatic carbocycles. The lowest BCUT2D eigenvalue weighted by Crippen LogP contribution is -2.29. The molecule has 5 heteroatoms. The Morgan fingerprint density at radius 2 is 1.90 bits per heavy atom. The van der Waals surface area contributed by atoms with Crippen molar-refractivity contribution < 1.29 is 9.47 Å². The lowest BCUT2D eigenvalue weighted by Gasteiger charge is -2.31. The standard InChI is InChI=1S/C15H25N3O2/c1-10-5-11(2)7-12(6-10)20-15-8-13(16-3)17-14(18-15)9-19-4/h8,10-12H,5-7,9H2,1-4H3,(H,16,17,18). The average Bonchev–Trinajstić information content (AvgIpc) is 2.37. The van der Waals surface area contributed by atoms with Gasteiger partial charge in [-0.2, -0.15) is 4.98 Å². The molecule has 2 rings (SSSR count). The van der Waals surface area contributed by atoms with E-state index in [0.717, 1.165) is 18.7 Å². The van der Waals surface area contributed by atoms with Crippen LogP contribution in [0.3, 0.4) is 0 Å². The van der Waals surface area contributed by atoms with Gasteiger partial charge in [0.1, 0.15) is 18.5 Å². The monoisotopic (exact) mass is 279 g/mol. The Morgan fingerprint density at radius 1 is 1.20 bits per heavy atom. The molecule has 1 N–H and O–H groups in total. The van der Waals surface area contributed by atoms with Crippen LogP contribution in [-0.2, 0) is 11.3 Å². The van der Waals surface area contributed by atoms with Gasteiger partial charge in [-0.05, 0) is 31.1 Å². The van der Waals surface area contributed by atoms with E-state index in [9.17, 15) is 0 Å². The van der Waals surface area contributed by atoms with E-state index in [2.05, 4.69) is 29.1 Å². The number of nitrogens with one attached hydrogen (secondary N) is 1. The lowest BCUT2D eigenvalue weighted by atomic mass is 9.82. The van der Waals surface area contributed by atoms with Gasteiger partial charge < -0.3 is 14.8 Å². The van der Waals surface area contributed by atoms with Crippen LogP contribution in [0.4, 0.5) is 5.82 Å². The molecule has 1 heterocycles. The summed E-state index contributed by atoms with van der Waals surface area (Å²) in [6.07, 6.45) is 3.75. The molecule has 0 spiro atoms. The Labute approximate surface area is 121 Å². The number of rotatable bonds is 5. The van der Waals surface area contributed by atoms with Crippen LogP contribution in [0.5, 0.6) is 5.88 Å². The van der Waals surface area contributed by atoms with E-state index in [1.165, 1.54) is 6.42 Å². The Bertz CT molecular complexity index is 429. The van der Waals surface area contributed by atoms with Crippen molar-refractivity contribution in [2.45, 2.75) is 45.8 Å². The molecule has 0 aliphatic heterocycles. The first-order valence-corrected chi connectivity index (χ1v) is 7.32. The molecule has 0 aromatic carbocycles. The minimum atomic E-state index is 0.253. The normalized spacial score (nSPS) is 26.3. The molecule has 2 atom stereocenters. The third-order valence-electron chi connectivity index (χ3n) is 3.70. The number of aromatic nitrogens is 2. The third kappa shape index (κ3) is 4.07. The van der Waals surface area contributed by atoms with Gasteiger partial charge in [-0.1, -0.05) is 13.8 Å².